The summed E-state index contributed by atoms with van der Waals surface area (Å²) in [7, 11) is 0. The van der Waals surface area contributed by atoms with Crippen LogP contribution in [0.4, 0.5) is 0 Å². The summed E-state index contributed by atoms with van der Waals surface area (Å²) in [5, 5.41) is 1.83. The third-order valence-electron chi connectivity index (χ3n) is 6.12. The maximum atomic E-state index is 6.54. The molecule has 3 heterocycles. The van der Waals surface area contributed by atoms with E-state index in [2.05, 4.69) is 52.3 Å². The van der Waals surface area contributed by atoms with E-state index in [1.54, 1.807) is 5.56 Å². The van der Waals surface area contributed by atoms with Crippen LogP contribution in [0.5, 0.6) is 0 Å². The molecule has 1 aliphatic carbocycles. The topological polar surface area (TPSA) is 16.1 Å². The molecule has 0 spiro atoms. The van der Waals surface area contributed by atoms with Crippen LogP contribution in [0.3, 0.4) is 0 Å². The first kappa shape index (κ1) is 16.3. The Hall–Kier alpha value is -1.90. The normalized spacial score (nSPS) is 22.8. The molecule has 1 fully saturated rings. The standard InChI is InChI=1S/C23H23ClN2/c24-23-20(12-19-7-3-4-8-22(19)25-23)15-26-14-16-9-10-21(26)13-18-6-2-1-5-17(18)11-16/h1-8,12,16,21H,9-11,13-15H2. The lowest BCUT2D eigenvalue weighted by Gasteiger charge is -2.42. The fourth-order valence-corrected chi connectivity index (χ4v) is 4.97. The van der Waals surface area contributed by atoms with Gasteiger partial charge in [0.05, 0.1) is 5.52 Å². The summed E-state index contributed by atoms with van der Waals surface area (Å²) in [6.45, 7) is 2.07. The van der Waals surface area contributed by atoms with E-state index >= 15 is 0 Å². The van der Waals surface area contributed by atoms with Crippen LogP contribution in [0.1, 0.15) is 29.5 Å². The van der Waals surface area contributed by atoms with Crippen molar-refractivity contribution in [1.82, 2.24) is 9.88 Å². The van der Waals surface area contributed by atoms with Crippen molar-refractivity contribution < 1.29 is 0 Å². The molecule has 0 N–H and O–H groups in total. The molecule has 2 aromatic carbocycles. The van der Waals surface area contributed by atoms with Gasteiger partial charge in [0.25, 0.3) is 0 Å². The molecule has 2 bridgehead atoms. The van der Waals surface area contributed by atoms with Gasteiger partial charge in [-0.25, -0.2) is 4.98 Å². The quantitative estimate of drug-likeness (QED) is 0.577. The number of rotatable bonds is 2. The van der Waals surface area contributed by atoms with Crippen LogP contribution < -0.4 is 0 Å². The van der Waals surface area contributed by atoms with E-state index in [0.29, 0.717) is 11.2 Å². The fourth-order valence-electron chi connectivity index (χ4n) is 4.76. The second-order valence-electron chi connectivity index (χ2n) is 7.83. The summed E-state index contributed by atoms with van der Waals surface area (Å²) in [6.07, 6.45) is 5.00. The Balaban J connectivity index is 1.45. The van der Waals surface area contributed by atoms with Gasteiger partial charge in [-0.05, 0) is 54.9 Å². The Bertz CT molecular complexity index is 952. The minimum absolute atomic E-state index is 0.607. The van der Waals surface area contributed by atoms with E-state index in [-0.39, 0.29) is 0 Å². The number of hydrogen-bond donors (Lipinski definition) is 0. The average molecular weight is 363 g/mol. The first-order valence-electron chi connectivity index (χ1n) is 9.61. The molecule has 0 radical (unpaired) electrons. The Morgan fingerprint density at radius 1 is 0.962 bits per heavy atom. The van der Waals surface area contributed by atoms with Crippen molar-refractivity contribution in [2.75, 3.05) is 6.54 Å². The maximum Gasteiger partial charge on any atom is 0.134 e. The van der Waals surface area contributed by atoms with Crippen molar-refractivity contribution in [3.05, 3.63) is 76.4 Å². The number of benzene rings is 2. The largest absolute Gasteiger partial charge is 0.295 e. The van der Waals surface area contributed by atoms with Gasteiger partial charge in [-0.15, -0.1) is 0 Å². The molecule has 1 aromatic heterocycles. The lowest BCUT2D eigenvalue weighted by atomic mass is 9.80. The molecule has 3 aromatic rings. The Morgan fingerprint density at radius 2 is 1.73 bits per heavy atom. The monoisotopic (exact) mass is 362 g/mol. The van der Waals surface area contributed by atoms with Gasteiger partial charge in [-0.2, -0.15) is 0 Å². The fraction of sp³-hybridized carbons (Fsp3) is 0.348. The molecule has 3 heteroatoms. The number of piperidine rings is 1. The predicted molar refractivity (Wildman–Crippen MR) is 108 cm³/mol. The molecular formula is C23H23ClN2. The van der Waals surface area contributed by atoms with Crippen molar-refractivity contribution in [3.8, 4) is 0 Å². The highest BCUT2D eigenvalue weighted by molar-refractivity contribution is 6.30. The molecule has 0 saturated carbocycles. The van der Waals surface area contributed by atoms with Crippen LogP contribution in [0.2, 0.25) is 5.15 Å². The van der Waals surface area contributed by atoms with E-state index in [0.717, 1.165) is 30.0 Å². The van der Waals surface area contributed by atoms with Crippen LogP contribution in [0, 0.1) is 5.92 Å². The molecule has 2 atom stereocenters. The SMILES string of the molecule is Clc1nc2ccccc2cc1CN1CC2CCC1Cc1ccccc1C2. The molecule has 132 valence electrons. The van der Waals surface area contributed by atoms with Crippen LogP contribution in [0.25, 0.3) is 10.9 Å². The molecule has 26 heavy (non-hydrogen) atoms. The summed E-state index contributed by atoms with van der Waals surface area (Å²) >= 11 is 6.54. The predicted octanol–water partition coefficient (Wildman–Crippen LogP) is 5.27. The zero-order valence-corrected chi connectivity index (χ0v) is 15.6. The number of fused-ring (bicyclic) bond motifs is 3. The Morgan fingerprint density at radius 3 is 2.62 bits per heavy atom. The minimum Gasteiger partial charge on any atom is -0.295 e. The summed E-state index contributed by atoms with van der Waals surface area (Å²) in [4.78, 5) is 7.27. The van der Waals surface area contributed by atoms with Crippen molar-refractivity contribution >= 4 is 22.5 Å². The summed E-state index contributed by atoms with van der Waals surface area (Å²) in [5.41, 5.74) is 5.23. The number of halogens is 1. The zero-order valence-electron chi connectivity index (χ0n) is 14.9. The van der Waals surface area contributed by atoms with Gasteiger partial charge in [0.2, 0.25) is 0 Å². The van der Waals surface area contributed by atoms with Crippen LogP contribution in [-0.4, -0.2) is 22.5 Å². The van der Waals surface area contributed by atoms with E-state index < -0.39 is 0 Å². The Labute approximate surface area is 159 Å². The molecule has 2 aliphatic heterocycles. The number of nitrogens with zero attached hydrogens (tertiary/aromatic N) is 2. The Kier molecular flexibility index (Phi) is 4.18. The highest BCUT2D eigenvalue weighted by atomic mass is 35.5. The van der Waals surface area contributed by atoms with Crippen LogP contribution in [0.15, 0.2) is 54.6 Å². The van der Waals surface area contributed by atoms with Crippen LogP contribution in [-0.2, 0) is 19.4 Å². The summed E-state index contributed by atoms with van der Waals surface area (Å²) in [6, 6.07) is 20.1. The van der Waals surface area contributed by atoms with Gasteiger partial charge in [0.15, 0.2) is 0 Å². The van der Waals surface area contributed by atoms with Gasteiger partial charge in [-0.1, -0.05) is 54.1 Å². The number of pyridine rings is 1. The molecular weight excluding hydrogens is 340 g/mol. The summed E-state index contributed by atoms with van der Waals surface area (Å²) in [5.74, 6) is 0.750. The van der Waals surface area contributed by atoms with Gasteiger partial charge in [0, 0.05) is 30.1 Å². The second-order valence-corrected chi connectivity index (χ2v) is 8.19. The lowest BCUT2D eigenvalue weighted by molar-refractivity contribution is 0.0938. The smallest absolute Gasteiger partial charge is 0.134 e. The van der Waals surface area contributed by atoms with Crippen molar-refractivity contribution in [1.29, 1.82) is 0 Å². The van der Waals surface area contributed by atoms with E-state index in [1.165, 1.54) is 36.8 Å². The van der Waals surface area contributed by atoms with Crippen molar-refractivity contribution in [3.63, 3.8) is 0 Å². The molecule has 1 saturated heterocycles. The number of hydrogen-bond acceptors (Lipinski definition) is 2. The molecule has 0 amide bonds. The van der Waals surface area contributed by atoms with Gasteiger partial charge in [0.1, 0.15) is 5.15 Å². The van der Waals surface area contributed by atoms with Gasteiger partial charge >= 0.3 is 0 Å². The van der Waals surface area contributed by atoms with Crippen molar-refractivity contribution in [2.24, 2.45) is 5.92 Å². The summed E-state index contributed by atoms with van der Waals surface area (Å²) < 4.78 is 0. The first-order chi connectivity index (χ1) is 12.8. The maximum absolute atomic E-state index is 6.54. The van der Waals surface area contributed by atoms with Gasteiger partial charge < -0.3 is 0 Å². The molecule has 2 unspecified atom stereocenters. The van der Waals surface area contributed by atoms with Crippen molar-refractivity contribution in [2.45, 2.75) is 38.3 Å². The zero-order chi connectivity index (χ0) is 17.5. The number of aromatic nitrogens is 1. The number of para-hydroxylation sites is 1. The second kappa shape index (κ2) is 6.68. The minimum atomic E-state index is 0.607. The highest BCUT2D eigenvalue weighted by Crippen LogP contribution is 2.34. The molecule has 6 rings (SSSR count). The van der Waals surface area contributed by atoms with Gasteiger partial charge in [-0.3, -0.25) is 4.90 Å². The third-order valence-corrected chi connectivity index (χ3v) is 6.45. The van der Waals surface area contributed by atoms with E-state index in [1.807, 2.05) is 12.1 Å². The molecule has 3 aliphatic rings. The van der Waals surface area contributed by atoms with E-state index in [4.69, 9.17) is 11.6 Å². The average Bonchev–Trinajstić information content (AvgIpc) is 2.63. The first-order valence-corrected chi connectivity index (χ1v) is 9.99. The highest BCUT2D eigenvalue weighted by Gasteiger charge is 2.32. The molecule has 2 nitrogen and oxygen atoms in total. The lowest BCUT2D eigenvalue weighted by Crippen LogP contribution is -2.46. The van der Waals surface area contributed by atoms with E-state index in [9.17, 15) is 0 Å². The third kappa shape index (κ3) is 3.02. The van der Waals surface area contributed by atoms with Crippen LogP contribution >= 0.6 is 11.6 Å².